The molecule has 1 aliphatic rings. The molecule has 3 rings (SSSR count). The smallest absolute Gasteiger partial charge is 0.191 e. The zero-order valence-electron chi connectivity index (χ0n) is 13.5. The average Bonchev–Trinajstić information content (AvgIpc) is 3.24. The van der Waals surface area contributed by atoms with E-state index in [0.29, 0.717) is 12.6 Å². The molecule has 0 radical (unpaired) electrons. The van der Waals surface area contributed by atoms with Crippen LogP contribution in [0.5, 0.6) is 0 Å². The van der Waals surface area contributed by atoms with Gasteiger partial charge in [-0.3, -0.25) is 4.99 Å². The fourth-order valence-electron chi connectivity index (χ4n) is 2.74. The van der Waals surface area contributed by atoms with Crippen molar-refractivity contribution < 1.29 is 4.42 Å². The lowest BCUT2D eigenvalue weighted by molar-refractivity contribution is 0.500. The highest BCUT2D eigenvalue weighted by atomic mass is 127. The Morgan fingerprint density at radius 2 is 2.12 bits per heavy atom. The summed E-state index contributed by atoms with van der Waals surface area (Å²) in [5.41, 5.74) is 1.26. The summed E-state index contributed by atoms with van der Waals surface area (Å²) in [5, 5.41) is 6.77. The Morgan fingerprint density at radius 3 is 2.79 bits per heavy atom. The van der Waals surface area contributed by atoms with Crippen molar-refractivity contribution in [1.82, 2.24) is 10.6 Å². The van der Waals surface area contributed by atoms with Crippen LogP contribution < -0.4 is 15.5 Å². The standard InChI is InChI=1S/C17H21BrN4O.HI/c1-19-17(20-11-16-3-2-10-23-16)21-14-8-9-22(12-14)15-6-4-13(18)5-7-15;/h2-7,10,14H,8-9,11-12H2,1H3,(H2,19,20,21);1H. The van der Waals surface area contributed by atoms with Crippen molar-refractivity contribution in [2.45, 2.75) is 19.0 Å². The molecule has 1 aromatic carbocycles. The Bertz CT molecular complexity index is 645. The van der Waals surface area contributed by atoms with Crippen molar-refractivity contribution in [3.63, 3.8) is 0 Å². The molecule has 1 aliphatic heterocycles. The van der Waals surface area contributed by atoms with Crippen molar-refractivity contribution in [3.8, 4) is 0 Å². The third-order valence-electron chi connectivity index (χ3n) is 3.95. The van der Waals surface area contributed by atoms with Crippen molar-refractivity contribution in [1.29, 1.82) is 0 Å². The highest BCUT2D eigenvalue weighted by Crippen LogP contribution is 2.22. The van der Waals surface area contributed by atoms with Crippen molar-refractivity contribution >= 4 is 51.6 Å². The highest BCUT2D eigenvalue weighted by Gasteiger charge is 2.23. The summed E-state index contributed by atoms with van der Waals surface area (Å²) in [6.45, 7) is 2.66. The maximum Gasteiger partial charge on any atom is 0.191 e. The first kappa shape index (κ1) is 19.1. The lowest BCUT2D eigenvalue weighted by Gasteiger charge is -2.20. The van der Waals surface area contributed by atoms with E-state index in [-0.39, 0.29) is 24.0 Å². The molecule has 2 N–H and O–H groups in total. The number of benzene rings is 1. The van der Waals surface area contributed by atoms with Gasteiger partial charge in [-0.2, -0.15) is 0 Å². The molecule has 0 bridgehead atoms. The molecule has 1 aromatic heterocycles. The molecular weight excluding hydrogens is 483 g/mol. The molecule has 1 unspecified atom stereocenters. The summed E-state index contributed by atoms with van der Waals surface area (Å²) in [6.07, 6.45) is 2.78. The van der Waals surface area contributed by atoms with Gasteiger partial charge in [0, 0.05) is 36.3 Å². The lowest BCUT2D eigenvalue weighted by atomic mass is 10.3. The monoisotopic (exact) mass is 504 g/mol. The highest BCUT2D eigenvalue weighted by molar-refractivity contribution is 14.0. The minimum atomic E-state index is 0. The van der Waals surface area contributed by atoms with E-state index in [4.69, 9.17) is 4.42 Å². The van der Waals surface area contributed by atoms with Crippen molar-refractivity contribution in [2.24, 2.45) is 4.99 Å². The van der Waals surface area contributed by atoms with E-state index in [1.54, 1.807) is 13.3 Å². The predicted octanol–water partition coefficient (Wildman–Crippen LogP) is 3.60. The van der Waals surface area contributed by atoms with E-state index in [9.17, 15) is 0 Å². The molecule has 2 aromatic rings. The SMILES string of the molecule is CN=C(NCc1ccco1)NC1CCN(c2ccc(Br)cc2)C1.I. The van der Waals surface area contributed by atoms with Crippen molar-refractivity contribution in [3.05, 3.63) is 52.9 Å². The topological polar surface area (TPSA) is 52.8 Å². The fourth-order valence-corrected chi connectivity index (χ4v) is 3.00. The van der Waals surface area contributed by atoms with Crippen LogP contribution in [0.25, 0.3) is 0 Å². The molecule has 1 fully saturated rings. The molecule has 7 heteroatoms. The third kappa shape index (κ3) is 5.14. The van der Waals surface area contributed by atoms with Crippen LogP contribution in [0.4, 0.5) is 5.69 Å². The second kappa shape index (κ2) is 9.31. The molecule has 0 amide bonds. The molecular formula is C17H22BrIN4O. The maximum absolute atomic E-state index is 5.33. The van der Waals surface area contributed by atoms with Gasteiger partial charge in [-0.05, 0) is 42.8 Å². The number of nitrogens with zero attached hydrogens (tertiary/aromatic N) is 2. The summed E-state index contributed by atoms with van der Waals surface area (Å²) in [5.74, 6) is 1.71. The molecule has 5 nitrogen and oxygen atoms in total. The van der Waals surface area contributed by atoms with Crippen molar-refractivity contribution in [2.75, 3.05) is 25.0 Å². The first-order valence-electron chi connectivity index (χ1n) is 7.74. The number of furan rings is 1. The van der Waals surface area contributed by atoms with E-state index >= 15 is 0 Å². The van der Waals surface area contributed by atoms with Crippen LogP contribution in [0.15, 0.2) is 56.5 Å². The Labute approximate surface area is 168 Å². The number of guanidine groups is 1. The molecule has 0 spiro atoms. The summed E-state index contributed by atoms with van der Waals surface area (Å²) < 4.78 is 6.43. The summed E-state index contributed by atoms with van der Waals surface area (Å²) in [4.78, 5) is 6.68. The minimum Gasteiger partial charge on any atom is -0.467 e. The quantitative estimate of drug-likeness (QED) is 0.379. The van der Waals surface area contributed by atoms with Gasteiger partial charge in [0.25, 0.3) is 0 Å². The van der Waals surface area contributed by atoms with E-state index in [0.717, 1.165) is 35.7 Å². The van der Waals surface area contributed by atoms with Gasteiger partial charge < -0.3 is 20.0 Å². The number of anilines is 1. The number of halogens is 2. The van der Waals surface area contributed by atoms with Gasteiger partial charge >= 0.3 is 0 Å². The zero-order chi connectivity index (χ0) is 16.1. The predicted molar refractivity (Wildman–Crippen MR) is 112 cm³/mol. The van der Waals surface area contributed by atoms with Gasteiger partial charge in [0.2, 0.25) is 0 Å². The first-order chi connectivity index (χ1) is 11.2. The Hall–Kier alpha value is -1.22. The van der Waals surface area contributed by atoms with E-state index in [1.807, 2.05) is 12.1 Å². The summed E-state index contributed by atoms with van der Waals surface area (Å²) in [7, 11) is 1.79. The zero-order valence-corrected chi connectivity index (χ0v) is 17.5. The van der Waals surface area contributed by atoms with Crippen LogP contribution in [0.3, 0.4) is 0 Å². The largest absolute Gasteiger partial charge is 0.467 e. The molecule has 1 atom stereocenters. The Balaban J connectivity index is 0.00000208. The van der Waals surface area contributed by atoms with Gasteiger partial charge in [0.05, 0.1) is 12.8 Å². The first-order valence-corrected chi connectivity index (χ1v) is 8.54. The Kier molecular flexibility index (Phi) is 7.41. The lowest BCUT2D eigenvalue weighted by Crippen LogP contribution is -2.44. The van der Waals surface area contributed by atoms with E-state index < -0.39 is 0 Å². The van der Waals surface area contributed by atoms with Gasteiger partial charge in [-0.15, -0.1) is 24.0 Å². The normalized spacial score (nSPS) is 17.5. The number of nitrogens with one attached hydrogen (secondary N) is 2. The second-order valence-corrected chi connectivity index (χ2v) is 6.47. The van der Waals surface area contributed by atoms with Crippen LogP contribution in [-0.2, 0) is 6.54 Å². The number of rotatable bonds is 4. The average molecular weight is 505 g/mol. The Morgan fingerprint density at radius 1 is 1.33 bits per heavy atom. The van der Waals surface area contributed by atoms with Gasteiger partial charge in [0.1, 0.15) is 5.76 Å². The van der Waals surface area contributed by atoms with Crippen LogP contribution in [0, 0.1) is 0 Å². The summed E-state index contributed by atoms with van der Waals surface area (Å²) >= 11 is 3.48. The third-order valence-corrected chi connectivity index (χ3v) is 4.48. The second-order valence-electron chi connectivity index (χ2n) is 5.56. The molecule has 0 aliphatic carbocycles. The molecule has 2 heterocycles. The summed E-state index contributed by atoms with van der Waals surface area (Å²) in [6, 6.07) is 12.7. The van der Waals surface area contributed by atoms with Crippen LogP contribution in [0.2, 0.25) is 0 Å². The number of aliphatic imine (C=N–C) groups is 1. The van der Waals surface area contributed by atoms with Gasteiger partial charge in [0.15, 0.2) is 5.96 Å². The van der Waals surface area contributed by atoms with E-state index in [2.05, 4.69) is 60.7 Å². The van der Waals surface area contributed by atoms with E-state index in [1.165, 1.54) is 5.69 Å². The van der Waals surface area contributed by atoms with Crippen LogP contribution in [-0.4, -0.2) is 32.1 Å². The molecule has 130 valence electrons. The van der Waals surface area contributed by atoms with Gasteiger partial charge in [-0.1, -0.05) is 15.9 Å². The number of hydrogen-bond donors (Lipinski definition) is 2. The van der Waals surface area contributed by atoms with Crippen LogP contribution in [0.1, 0.15) is 12.2 Å². The molecule has 24 heavy (non-hydrogen) atoms. The maximum atomic E-state index is 5.33. The minimum absolute atomic E-state index is 0. The molecule has 1 saturated heterocycles. The number of hydrogen-bond acceptors (Lipinski definition) is 3. The van der Waals surface area contributed by atoms with Gasteiger partial charge in [-0.25, -0.2) is 0 Å². The molecule has 0 saturated carbocycles. The fraction of sp³-hybridized carbons (Fsp3) is 0.353. The van der Waals surface area contributed by atoms with Crippen LogP contribution >= 0.6 is 39.9 Å².